The second kappa shape index (κ2) is 11.8. The number of aryl methyl sites for hydroxylation is 1. The minimum atomic E-state index is 1.14. The number of hydrogen-bond acceptors (Lipinski definition) is 0. The van der Waals surface area contributed by atoms with Crippen LogP contribution in [0.25, 0.3) is 88.4 Å². The smallest absolute Gasteiger partial charge is 0.0541 e. The molecule has 0 N–H and O–H groups in total. The van der Waals surface area contributed by atoms with Gasteiger partial charge in [0, 0.05) is 32.8 Å². The van der Waals surface area contributed by atoms with Gasteiger partial charge in [0.1, 0.15) is 0 Å². The van der Waals surface area contributed by atoms with Gasteiger partial charge in [-0.1, -0.05) is 133 Å². The van der Waals surface area contributed by atoms with E-state index in [2.05, 4.69) is 204 Å². The van der Waals surface area contributed by atoms with E-state index in [1.165, 1.54) is 88.2 Å². The van der Waals surface area contributed by atoms with Crippen molar-refractivity contribution in [3.63, 3.8) is 0 Å². The maximum atomic E-state index is 2.43. The molecule has 0 saturated heterocycles. The summed E-state index contributed by atoms with van der Waals surface area (Å²) >= 11 is 0. The molecular formula is C49H34N2. The summed E-state index contributed by atoms with van der Waals surface area (Å²) in [4.78, 5) is 0. The molecule has 0 aliphatic heterocycles. The zero-order chi connectivity index (χ0) is 33.9. The Balaban J connectivity index is 1.13. The molecule has 0 bridgehead atoms. The van der Waals surface area contributed by atoms with Crippen molar-refractivity contribution in [2.75, 3.05) is 0 Å². The number of hydrogen-bond donors (Lipinski definition) is 0. The van der Waals surface area contributed by atoms with E-state index in [9.17, 15) is 0 Å². The van der Waals surface area contributed by atoms with Gasteiger partial charge in [-0.3, -0.25) is 0 Å². The van der Waals surface area contributed by atoms with Crippen molar-refractivity contribution < 1.29 is 0 Å². The van der Waals surface area contributed by atoms with Crippen molar-refractivity contribution in [3.8, 4) is 44.8 Å². The fourth-order valence-electron chi connectivity index (χ4n) is 7.97. The van der Waals surface area contributed by atoms with E-state index in [1.54, 1.807) is 0 Å². The van der Waals surface area contributed by atoms with Crippen LogP contribution in [0.1, 0.15) is 5.56 Å². The maximum Gasteiger partial charge on any atom is 0.0541 e. The normalized spacial score (nSPS) is 11.6. The molecule has 0 saturated carbocycles. The highest BCUT2D eigenvalue weighted by Crippen LogP contribution is 2.39. The topological polar surface area (TPSA) is 9.86 Å². The van der Waals surface area contributed by atoms with Crippen LogP contribution in [0, 0.1) is 6.92 Å². The minimum absolute atomic E-state index is 1.14. The minimum Gasteiger partial charge on any atom is -0.309 e. The van der Waals surface area contributed by atoms with E-state index in [1.807, 2.05) is 0 Å². The predicted octanol–water partition coefficient (Wildman–Crippen LogP) is 13.2. The molecule has 0 spiro atoms. The average molecular weight is 651 g/mol. The molecule has 2 heteroatoms. The lowest BCUT2D eigenvalue weighted by molar-refractivity contribution is 1.17. The van der Waals surface area contributed by atoms with Crippen molar-refractivity contribution in [2.24, 2.45) is 0 Å². The van der Waals surface area contributed by atoms with Gasteiger partial charge in [0.2, 0.25) is 0 Å². The predicted molar refractivity (Wildman–Crippen MR) is 216 cm³/mol. The van der Waals surface area contributed by atoms with E-state index >= 15 is 0 Å². The fraction of sp³-hybridized carbons (Fsp3) is 0.0204. The fourth-order valence-corrected chi connectivity index (χ4v) is 7.97. The Morgan fingerprint density at radius 3 is 1.47 bits per heavy atom. The number of para-hydroxylation sites is 2. The Bertz CT molecular complexity index is 2790. The van der Waals surface area contributed by atoms with Gasteiger partial charge in [0.05, 0.1) is 27.8 Å². The summed E-state index contributed by atoms with van der Waals surface area (Å²) < 4.78 is 4.84. The average Bonchev–Trinajstić information content (AvgIpc) is 3.70. The van der Waals surface area contributed by atoms with Crippen LogP contribution in [0.2, 0.25) is 0 Å². The highest BCUT2D eigenvalue weighted by atomic mass is 15.0. The third kappa shape index (κ3) is 4.80. The molecule has 0 amide bonds. The number of nitrogens with zero attached hydrogens (tertiary/aromatic N) is 2. The van der Waals surface area contributed by atoms with Crippen molar-refractivity contribution in [1.82, 2.24) is 9.13 Å². The summed E-state index contributed by atoms with van der Waals surface area (Å²) in [6.45, 7) is 2.17. The summed E-state index contributed by atoms with van der Waals surface area (Å²) in [6.07, 6.45) is 0. The van der Waals surface area contributed by atoms with Crippen LogP contribution in [0.15, 0.2) is 188 Å². The van der Waals surface area contributed by atoms with Crippen LogP contribution in [-0.4, -0.2) is 9.13 Å². The maximum absolute atomic E-state index is 2.43. The zero-order valence-corrected chi connectivity index (χ0v) is 28.3. The van der Waals surface area contributed by atoms with Crippen molar-refractivity contribution in [2.45, 2.75) is 6.92 Å². The first-order chi connectivity index (χ1) is 25.2. The monoisotopic (exact) mass is 650 g/mol. The van der Waals surface area contributed by atoms with Gasteiger partial charge in [-0.2, -0.15) is 0 Å². The van der Waals surface area contributed by atoms with E-state index in [4.69, 9.17) is 0 Å². The Labute approximate surface area is 297 Å². The van der Waals surface area contributed by atoms with E-state index in [-0.39, 0.29) is 0 Å². The van der Waals surface area contributed by atoms with E-state index < -0.39 is 0 Å². The van der Waals surface area contributed by atoms with Crippen LogP contribution in [-0.2, 0) is 0 Å². The number of rotatable bonds is 5. The molecule has 240 valence electrons. The van der Waals surface area contributed by atoms with Crippen LogP contribution < -0.4 is 0 Å². The Morgan fingerprint density at radius 2 is 0.804 bits per heavy atom. The molecule has 0 atom stereocenters. The van der Waals surface area contributed by atoms with Crippen LogP contribution in [0.3, 0.4) is 0 Å². The Morgan fingerprint density at radius 1 is 0.314 bits per heavy atom. The molecule has 0 aliphatic carbocycles. The van der Waals surface area contributed by atoms with Gasteiger partial charge in [-0.15, -0.1) is 0 Å². The van der Waals surface area contributed by atoms with Gasteiger partial charge in [0.15, 0.2) is 0 Å². The third-order valence-corrected chi connectivity index (χ3v) is 10.4. The number of fused-ring (bicyclic) bond motifs is 6. The first-order valence-corrected chi connectivity index (χ1v) is 17.6. The van der Waals surface area contributed by atoms with E-state index in [0.29, 0.717) is 0 Å². The summed E-state index contributed by atoms with van der Waals surface area (Å²) in [7, 11) is 0. The first-order valence-electron chi connectivity index (χ1n) is 17.6. The lowest BCUT2D eigenvalue weighted by atomic mass is 10.0. The highest BCUT2D eigenvalue weighted by Gasteiger charge is 2.17. The van der Waals surface area contributed by atoms with Crippen LogP contribution >= 0.6 is 0 Å². The molecular weight excluding hydrogens is 617 g/mol. The Kier molecular flexibility index (Phi) is 6.75. The van der Waals surface area contributed by atoms with Gasteiger partial charge < -0.3 is 9.13 Å². The standard InChI is InChI=1S/C49H34N2/c1-33-20-27-49-42(30-33)41-17-9-11-19-46(41)51(49)45-18-10-8-16-40(45)36-21-25-39(26-22-36)50-47-28-23-37(34-12-4-2-5-13-34)31-43(47)44-32-38(24-29-48(44)50)35-14-6-3-7-15-35/h2-32H,1H3. The molecule has 8 aromatic carbocycles. The SMILES string of the molecule is Cc1ccc2c(c1)c1ccccc1n2-c1ccccc1-c1ccc(-n2c3ccc(-c4ccccc4)cc3c3cc(-c4ccccc4)ccc32)cc1. The first kappa shape index (κ1) is 29.3. The zero-order valence-electron chi connectivity index (χ0n) is 28.3. The molecule has 2 heterocycles. The molecule has 0 fully saturated rings. The van der Waals surface area contributed by atoms with Crippen LogP contribution in [0.5, 0.6) is 0 Å². The van der Waals surface area contributed by atoms with E-state index in [0.717, 1.165) is 5.69 Å². The van der Waals surface area contributed by atoms with Crippen molar-refractivity contribution in [1.29, 1.82) is 0 Å². The molecule has 10 aromatic rings. The largest absolute Gasteiger partial charge is 0.309 e. The van der Waals surface area contributed by atoms with Gasteiger partial charge in [-0.05, 0) is 95.4 Å². The van der Waals surface area contributed by atoms with Gasteiger partial charge in [0.25, 0.3) is 0 Å². The summed E-state index contributed by atoms with van der Waals surface area (Å²) in [5.41, 5.74) is 15.7. The summed E-state index contributed by atoms with van der Waals surface area (Å²) in [6, 6.07) is 68.6. The lowest BCUT2D eigenvalue weighted by Crippen LogP contribution is -1.98. The quantitative estimate of drug-likeness (QED) is 0.175. The molecule has 2 aromatic heterocycles. The van der Waals surface area contributed by atoms with Gasteiger partial charge in [-0.25, -0.2) is 0 Å². The third-order valence-electron chi connectivity index (χ3n) is 10.4. The number of benzene rings is 8. The molecule has 51 heavy (non-hydrogen) atoms. The second-order valence-corrected chi connectivity index (χ2v) is 13.5. The lowest BCUT2D eigenvalue weighted by Gasteiger charge is -2.15. The molecule has 0 radical (unpaired) electrons. The summed E-state index contributed by atoms with van der Waals surface area (Å²) in [5.74, 6) is 0. The number of aromatic nitrogens is 2. The molecule has 2 nitrogen and oxygen atoms in total. The second-order valence-electron chi connectivity index (χ2n) is 13.5. The molecule has 0 unspecified atom stereocenters. The molecule has 10 rings (SSSR count). The Hall–Kier alpha value is -6.64. The molecule has 0 aliphatic rings. The van der Waals surface area contributed by atoms with Gasteiger partial charge >= 0.3 is 0 Å². The van der Waals surface area contributed by atoms with Crippen LogP contribution in [0.4, 0.5) is 0 Å². The van der Waals surface area contributed by atoms with Crippen molar-refractivity contribution >= 4 is 43.6 Å². The van der Waals surface area contributed by atoms with Crippen molar-refractivity contribution in [3.05, 3.63) is 194 Å². The highest BCUT2D eigenvalue weighted by molar-refractivity contribution is 6.12. The summed E-state index contributed by atoms with van der Waals surface area (Å²) in [5, 5.41) is 5.06.